The lowest BCUT2D eigenvalue weighted by molar-refractivity contribution is -0.135. The second kappa shape index (κ2) is 9.24. The minimum atomic E-state index is -0.423. The molecule has 0 unspecified atom stereocenters. The van der Waals surface area contributed by atoms with Gasteiger partial charge in [0, 0.05) is 36.1 Å². The molecule has 0 atom stereocenters. The number of likely N-dealkylation sites (tertiary alicyclic amines) is 1. The van der Waals surface area contributed by atoms with Gasteiger partial charge in [-0.05, 0) is 61.2 Å². The number of imidazole rings is 1. The van der Waals surface area contributed by atoms with Crippen LogP contribution >= 0.6 is 23.4 Å². The number of aliphatic hydroxyl groups excluding tert-OH is 1. The average Bonchev–Trinajstić information content (AvgIpc) is 3.42. The van der Waals surface area contributed by atoms with E-state index in [1.54, 1.807) is 17.4 Å². The fourth-order valence-corrected chi connectivity index (χ4v) is 5.61. The number of rotatable bonds is 6. The summed E-state index contributed by atoms with van der Waals surface area (Å²) in [7, 11) is 0. The van der Waals surface area contributed by atoms with Crippen LogP contribution in [-0.4, -0.2) is 50.1 Å². The van der Waals surface area contributed by atoms with Crippen molar-refractivity contribution in [1.82, 2.24) is 19.4 Å². The van der Waals surface area contributed by atoms with Crippen LogP contribution in [0.5, 0.6) is 0 Å². The van der Waals surface area contributed by atoms with Crippen LogP contribution in [0.1, 0.15) is 19.3 Å². The first-order chi connectivity index (χ1) is 16.0. The second-order valence-corrected chi connectivity index (χ2v) is 9.64. The number of furan rings is 1. The van der Waals surface area contributed by atoms with E-state index in [0.717, 1.165) is 52.3 Å². The zero-order valence-corrected chi connectivity index (χ0v) is 19.5. The van der Waals surface area contributed by atoms with Gasteiger partial charge in [0.15, 0.2) is 11.0 Å². The van der Waals surface area contributed by atoms with Crippen LogP contribution in [0.3, 0.4) is 0 Å². The minimum Gasteiger partial charge on any atom is -0.464 e. The van der Waals surface area contributed by atoms with Gasteiger partial charge in [0.1, 0.15) is 17.7 Å². The summed E-state index contributed by atoms with van der Waals surface area (Å²) in [4.78, 5) is 23.3. The van der Waals surface area contributed by atoms with E-state index in [-0.39, 0.29) is 5.91 Å². The quantitative estimate of drug-likeness (QED) is 0.421. The summed E-state index contributed by atoms with van der Waals surface area (Å²) in [6, 6.07) is 7.65. The van der Waals surface area contributed by atoms with Crippen molar-refractivity contribution in [2.75, 3.05) is 25.4 Å². The molecule has 33 heavy (non-hydrogen) atoms. The topological polar surface area (TPSA) is 110 Å². The molecule has 0 radical (unpaired) electrons. The van der Waals surface area contributed by atoms with Crippen LogP contribution in [0.2, 0.25) is 5.02 Å². The summed E-state index contributed by atoms with van der Waals surface area (Å²) in [5.41, 5.74) is 8.51. The zero-order chi connectivity index (χ0) is 22.9. The van der Waals surface area contributed by atoms with E-state index in [4.69, 9.17) is 31.8 Å². The number of nitrogens with zero attached hydrogens (tertiary/aromatic N) is 4. The van der Waals surface area contributed by atoms with Crippen molar-refractivity contribution >= 4 is 57.1 Å². The molecule has 172 valence electrons. The molecule has 1 amide bonds. The molecule has 4 aromatic rings. The van der Waals surface area contributed by atoms with Crippen molar-refractivity contribution in [2.45, 2.75) is 35.9 Å². The highest BCUT2D eigenvalue weighted by molar-refractivity contribution is 7.99. The Morgan fingerprint density at radius 3 is 2.91 bits per heavy atom. The molecular weight excluding hydrogens is 462 g/mol. The van der Waals surface area contributed by atoms with Crippen molar-refractivity contribution in [3.63, 3.8) is 0 Å². The van der Waals surface area contributed by atoms with Crippen molar-refractivity contribution in [1.29, 1.82) is 0 Å². The first-order valence-corrected chi connectivity index (χ1v) is 12.1. The van der Waals surface area contributed by atoms with Gasteiger partial charge in [-0.25, -0.2) is 9.97 Å². The van der Waals surface area contributed by atoms with Crippen LogP contribution in [-0.2, 0) is 11.3 Å². The van der Waals surface area contributed by atoms with E-state index in [1.165, 1.54) is 11.8 Å². The number of pyridine rings is 1. The summed E-state index contributed by atoms with van der Waals surface area (Å²) >= 11 is 8.04. The van der Waals surface area contributed by atoms with Crippen LogP contribution < -0.4 is 5.73 Å². The number of aliphatic hydroxyl groups is 1. The van der Waals surface area contributed by atoms with Gasteiger partial charge >= 0.3 is 0 Å². The third-order valence-electron chi connectivity index (χ3n) is 6.23. The number of aromatic nitrogens is 3. The summed E-state index contributed by atoms with van der Waals surface area (Å²) in [6.07, 6.45) is 6.14. The Kier molecular flexibility index (Phi) is 6.18. The molecule has 1 fully saturated rings. The highest BCUT2D eigenvalue weighted by Gasteiger charge is 2.23. The molecule has 1 aliphatic rings. The van der Waals surface area contributed by atoms with Gasteiger partial charge in [-0.3, -0.25) is 4.79 Å². The van der Waals surface area contributed by atoms with E-state index in [1.807, 2.05) is 24.3 Å². The lowest BCUT2D eigenvalue weighted by Gasteiger charge is -2.31. The Hall–Kier alpha value is -2.75. The van der Waals surface area contributed by atoms with E-state index in [9.17, 15) is 4.79 Å². The molecule has 1 aromatic carbocycles. The minimum absolute atomic E-state index is 0.193. The number of carbonyl (C=O) groups is 1. The normalized spacial score (nSPS) is 15.0. The van der Waals surface area contributed by atoms with Gasteiger partial charge in [-0.15, -0.1) is 0 Å². The number of halogens is 1. The number of hydrogen-bond acceptors (Lipinski definition) is 7. The first-order valence-electron chi connectivity index (χ1n) is 10.9. The number of nitrogen functional groups attached to an aromatic ring is 1. The van der Waals surface area contributed by atoms with E-state index in [0.29, 0.717) is 35.4 Å². The third kappa shape index (κ3) is 4.40. The Bertz CT molecular complexity index is 1310. The van der Waals surface area contributed by atoms with Crippen LogP contribution in [0.4, 0.5) is 5.82 Å². The van der Waals surface area contributed by atoms with Crippen molar-refractivity contribution in [3.05, 3.63) is 41.7 Å². The van der Waals surface area contributed by atoms with E-state index >= 15 is 0 Å². The molecule has 4 heterocycles. The Labute approximate surface area is 199 Å². The maximum absolute atomic E-state index is 11.7. The van der Waals surface area contributed by atoms with Gasteiger partial charge in [0.2, 0.25) is 5.91 Å². The SMILES string of the molecule is Nc1nccc2c1nc(Sc1cc3occc3cc1Cl)n2CCC1CCN(C(=O)CO)CC1. The summed E-state index contributed by atoms with van der Waals surface area (Å²) in [6.45, 7) is 1.72. The number of hydrogen-bond donors (Lipinski definition) is 2. The fraction of sp³-hybridized carbons (Fsp3) is 0.348. The zero-order valence-electron chi connectivity index (χ0n) is 17.9. The van der Waals surface area contributed by atoms with Crippen molar-refractivity contribution < 1.29 is 14.3 Å². The molecule has 0 saturated carbocycles. The van der Waals surface area contributed by atoms with E-state index < -0.39 is 6.61 Å². The number of carbonyl (C=O) groups excluding carboxylic acids is 1. The number of benzene rings is 1. The van der Waals surface area contributed by atoms with Crippen LogP contribution in [0, 0.1) is 5.92 Å². The molecule has 8 nitrogen and oxygen atoms in total. The van der Waals surface area contributed by atoms with Crippen molar-refractivity contribution in [2.24, 2.45) is 5.92 Å². The van der Waals surface area contributed by atoms with Gasteiger partial charge in [0.25, 0.3) is 0 Å². The summed E-state index contributed by atoms with van der Waals surface area (Å²) in [5.74, 6) is 0.697. The Morgan fingerprint density at radius 2 is 2.12 bits per heavy atom. The fourth-order valence-electron chi connectivity index (χ4n) is 4.37. The average molecular weight is 486 g/mol. The largest absolute Gasteiger partial charge is 0.464 e. The van der Waals surface area contributed by atoms with Gasteiger partial charge in [-0.1, -0.05) is 11.6 Å². The number of fused-ring (bicyclic) bond motifs is 2. The molecular formula is C23H24ClN5O3S. The number of aryl methyl sites for hydroxylation is 1. The molecule has 3 N–H and O–H groups in total. The maximum atomic E-state index is 11.7. The molecule has 1 aliphatic heterocycles. The van der Waals surface area contributed by atoms with Crippen LogP contribution in [0.15, 0.2) is 51.2 Å². The number of anilines is 1. The molecule has 0 aliphatic carbocycles. The lowest BCUT2D eigenvalue weighted by atomic mass is 9.93. The Balaban J connectivity index is 1.39. The van der Waals surface area contributed by atoms with E-state index in [2.05, 4.69) is 9.55 Å². The summed E-state index contributed by atoms with van der Waals surface area (Å²) < 4.78 is 7.72. The Morgan fingerprint density at radius 1 is 1.30 bits per heavy atom. The standard InChI is InChI=1S/C23H24ClN5O3S/c24-16-11-15-5-10-32-18(15)12-19(16)33-23-27-21-17(1-6-26-22(21)25)29(23)9-4-14-2-7-28(8-3-14)20(31)13-30/h1,5-6,10-12,14,30H,2-4,7-9,13H2,(H2,25,26). The number of amides is 1. The van der Waals surface area contributed by atoms with Gasteiger partial charge in [-0.2, -0.15) is 0 Å². The summed E-state index contributed by atoms with van der Waals surface area (Å²) in [5, 5.41) is 11.5. The highest BCUT2D eigenvalue weighted by Crippen LogP contribution is 2.38. The molecule has 1 saturated heterocycles. The van der Waals surface area contributed by atoms with Crippen molar-refractivity contribution in [3.8, 4) is 0 Å². The highest BCUT2D eigenvalue weighted by atomic mass is 35.5. The molecule has 5 rings (SSSR count). The predicted molar refractivity (Wildman–Crippen MR) is 128 cm³/mol. The van der Waals surface area contributed by atoms with Gasteiger partial charge in [0.05, 0.1) is 16.8 Å². The maximum Gasteiger partial charge on any atom is 0.248 e. The molecule has 10 heteroatoms. The first kappa shape index (κ1) is 22.1. The molecule has 0 spiro atoms. The molecule has 3 aromatic heterocycles. The van der Waals surface area contributed by atoms with Crippen LogP contribution in [0.25, 0.3) is 22.0 Å². The monoisotopic (exact) mass is 485 g/mol. The lowest BCUT2D eigenvalue weighted by Crippen LogP contribution is -2.40. The number of nitrogens with two attached hydrogens (primary N) is 1. The smallest absolute Gasteiger partial charge is 0.248 e. The number of piperidine rings is 1. The second-order valence-electron chi connectivity index (χ2n) is 8.22. The third-order valence-corrected chi connectivity index (χ3v) is 7.71. The predicted octanol–water partition coefficient (Wildman–Crippen LogP) is 4.19. The van der Waals surface area contributed by atoms with Gasteiger partial charge < -0.3 is 24.7 Å². The molecule has 0 bridgehead atoms.